The third-order valence-corrected chi connectivity index (χ3v) is 5.59. The average Bonchev–Trinajstić information content (AvgIpc) is 2.91. The molecule has 3 aromatic rings. The van der Waals surface area contributed by atoms with Gasteiger partial charge < -0.3 is 10.1 Å². The van der Waals surface area contributed by atoms with Crippen molar-refractivity contribution in [2.75, 3.05) is 11.9 Å². The minimum atomic E-state index is -0.728. The Bertz CT molecular complexity index is 976. The number of hydrogen-bond donors (Lipinski definition) is 1. The average molecular weight is 443 g/mol. The molecule has 0 unspecified atom stereocenters. The molecule has 128 valence electrons. The number of thiophene rings is 1. The van der Waals surface area contributed by atoms with E-state index in [1.807, 2.05) is 6.07 Å². The van der Waals surface area contributed by atoms with Gasteiger partial charge in [-0.05, 0) is 46.3 Å². The van der Waals surface area contributed by atoms with Crippen molar-refractivity contribution in [2.24, 2.45) is 0 Å². The Hall–Kier alpha value is -1.96. The summed E-state index contributed by atoms with van der Waals surface area (Å²) in [6.45, 7) is -0.459. The van der Waals surface area contributed by atoms with Gasteiger partial charge in [0.05, 0.1) is 10.7 Å². The highest BCUT2D eigenvalue weighted by molar-refractivity contribution is 9.10. The second-order valence-corrected chi connectivity index (χ2v) is 7.27. The lowest BCUT2D eigenvalue weighted by Gasteiger charge is -2.07. The lowest BCUT2D eigenvalue weighted by molar-refractivity contribution is -0.119. The molecule has 0 aliphatic carbocycles. The first-order valence-electron chi connectivity index (χ1n) is 7.05. The van der Waals surface area contributed by atoms with E-state index in [0.717, 1.165) is 11.3 Å². The second kappa shape index (κ2) is 7.51. The largest absolute Gasteiger partial charge is 0.451 e. The number of ether oxygens (including phenoxy) is 1. The smallest absolute Gasteiger partial charge is 0.350 e. The first-order chi connectivity index (χ1) is 12.0. The van der Waals surface area contributed by atoms with Crippen LogP contribution in [0.3, 0.4) is 0 Å². The van der Waals surface area contributed by atoms with E-state index in [4.69, 9.17) is 16.3 Å². The van der Waals surface area contributed by atoms with E-state index in [1.165, 1.54) is 18.2 Å². The van der Waals surface area contributed by atoms with E-state index in [0.29, 0.717) is 20.2 Å². The van der Waals surface area contributed by atoms with Crippen molar-refractivity contribution >= 4 is 66.5 Å². The van der Waals surface area contributed by atoms with Crippen LogP contribution in [0.4, 0.5) is 10.1 Å². The number of carbonyl (C=O) groups is 2. The fourth-order valence-corrected chi connectivity index (χ4v) is 3.93. The number of benzene rings is 2. The van der Waals surface area contributed by atoms with Gasteiger partial charge in [-0.3, -0.25) is 4.79 Å². The highest BCUT2D eigenvalue weighted by Crippen LogP contribution is 2.36. The maximum Gasteiger partial charge on any atom is 0.350 e. The Morgan fingerprint density at radius 1 is 1.24 bits per heavy atom. The summed E-state index contributed by atoms with van der Waals surface area (Å²) >= 11 is 10.5. The van der Waals surface area contributed by atoms with E-state index in [2.05, 4.69) is 21.2 Å². The number of fused-ring (bicyclic) bond motifs is 1. The van der Waals surface area contributed by atoms with E-state index in [1.54, 1.807) is 18.2 Å². The fourth-order valence-electron chi connectivity index (χ4n) is 2.12. The third-order valence-electron chi connectivity index (χ3n) is 3.26. The summed E-state index contributed by atoms with van der Waals surface area (Å²) < 4.78 is 19.5. The lowest BCUT2D eigenvalue weighted by atomic mass is 10.2. The Labute approximate surface area is 159 Å². The van der Waals surface area contributed by atoms with E-state index >= 15 is 0 Å². The molecule has 0 saturated carbocycles. The van der Waals surface area contributed by atoms with Crippen LogP contribution in [-0.2, 0) is 9.53 Å². The van der Waals surface area contributed by atoms with Crippen LogP contribution in [0.25, 0.3) is 10.1 Å². The number of hydrogen-bond acceptors (Lipinski definition) is 4. The monoisotopic (exact) mass is 441 g/mol. The zero-order valence-electron chi connectivity index (χ0n) is 12.5. The van der Waals surface area contributed by atoms with Gasteiger partial charge in [-0.2, -0.15) is 0 Å². The molecular weight excluding hydrogens is 433 g/mol. The van der Waals surface area contributed by atoms with Crippen LogP contribution in [0, 0.1) is 5.82 Å². The molecule has 1 N–H and O–H groups in total. The van der Waals surface area contributed by atoms with Gasteiger partial charge in [-0.1, -0.05) is 23.7 Å². The van der Waals surface area contributed by atoms with Crippen LogP contribution in [0.1, 0.15) is 9.67 Å². The van der Waals surface area contributed by atoms with Crippen molar-refractivity contribution < 1.29 is 18.7 Å². The fraction of sp³-hybridized carbons (Fsp3) is 0.0588. The molecule has 2 aromatic carbocycles. The molecule has 1 amide bonds. The quantitative estimate of drug-likeness (QED) is 0.561. The Kier molecular flexibility index (Phi) is 5.36. The lowest BCUT2D eigenvalue weighted by Crippen LogP contribution is -2.20. The molecule has 25 heavy (non-hydrogen) atoms. The minimum absolute atomic E-state index is 0.135. The molecule has 1 heterocycles. The Morgan fingerprint density at radius 2 is 2.00 bits per heavy atom. The summed E-state index contributed by atoms with van der Waals surface area (Å²) in [6.07, 6.45) is 0. The first kappa shape index (κ1) is 17.8. The molecule has 0 radical (unpaired) electrons. The van der Waals surface area contributed by atoms with Gasteiger partial charge in [0.1, 0.15) is 10.7 Å². The highest BCUT2D eigenvalue weighted by atomic mass is 79.9. The molecule has 8 heteroatoms. The molecular formula is C17H10BrClFNO3S. The predicted octanol–water partition coefficient (Wildman–Crippen LogP) is 5.25. The van der Waals surface area contributed by atoms with Crippen LogP contribution < -0.4 is 5.32 Å². The van der Waals surface area contributed by atoms with E-state index in [-0.39, 0.29) is 9.90 Å². The molecule has 0 aliphatic rings. The minimum Gasteiger partial charge on any atom is -0.451 e. The summed E-state index contributed by atoms with van der Waals surface area (Å²) in [5.74, 6) is -1.63. The zero-order valence-corrected chi connectivity index (χ0v) is 15.7. The summed E-state index contributed by atoms with van der Waals surface area (Å²) in [5, 5.41) is 3.38. The van der Waals surface area contributed by atoms with E-state index in [9.17, 15) is 14.0 Å². The number of carbonyl (C=O) groups excluding carboxylic acids is 2. The van der Waals surface area contributed by atoms with Crippen LogP contribution >= 0.6 is 38.9 Å². The van der Waals surface area contributed by atoms with Crippen molar-refractivity contribution in [3.8, 4) is 0 Å². The SMILES string of the molecule is O=C(COC(=O)c1sc2cc(F)ccc2c1Cl)Nc1ccccc1Br. The van der Waals surface area contributed by atoms with Gasteiger partial charge >= 0.3 is 5.97 Å². The number of esters is 1. The molecule has 0 fully saturated rings. The summed E-state index contributed by atoms with van der Waals surface area (Å²) in [4.78, 5) is 24.2. The predicted molar refractivity (Wildman–Crippen MR) is 99.8 cm³/mol. The number of anilines is 1. The number of para-hydroxylation sites is 1. The molecule has 0 atom stereocenters. The van der Waals surface area contributed by atoms with Crippen molar-refractivity contribution in [3.05, 3.63) is 62.7 Å². The standard InChI is InChI=1S/C17H10BrClFNO3S/c18-11-3-1-2-4-12(11)21-14(22)8-24-17(23)16-15(19)10-6-5-9(20)7-13(10)25-16/h1-7H,8H2,(H,21,22). The maximum atomic E-state index is 13.3. The van der Waals surface area contributed by atoms with Crippen molar-refractivity contribution in [3.63, 3.8) is 0 Å². The normalized spacial score (nSPS) is 10.7. The molecule has 3 rings (SSSR count). The zero-order chi connectivity index (χ0) is 18.0. The van der Waals surface area contributed by atoms with Gasteiger partial charge in [0.25, 0.3) is 5.91 Å². The van der Waals surface area contributed by atoms with Crippen molar-refractivity contribution in [2.45, 2.75) is 0 Å². The number of nitrogens with one attached hydrogen (secondary N) is 1. The van der Waals surface area contributed by atoms with Gasteiger partial charge in [0.15, 0.2) is 6.61 Å². The molecule has 0 bridgehead atoms. The highest BCUT2D eigenvalue weighted by Gasteiger charge is 2.20. The second-order valence-electron chi connectivity index (χ2n) is 4.99. The maximum absolute atomic E-state index is 13.3. The molecule has 4 nitrogen and oxygen atoms in total. The summed E-state index contributed by atoms with van der Waals surface area (Å²) in [7, 11) is 0. The van der Waals surface area contributed by atoms with Crippen LogP contribution in [0.15, 0.2) is 46.9 Å². The van der Waals surface area contributed by atoms with Gasteiger partial charge in [-0.25, -0.2) is 9.18 Å². The summed E-state index contributed by atoms with van der Waals surface area (Å²) in [6, 6.07) is 11.1. The number of rotatable bonds is 4. The molecule has 0 saturated heterocycles. The van der Waals surface area contributed by atoms with Crippen molar-refractivity contribution in [1.29, 1.82) is 0 Å². The van der Waals surface area contributed by atoms with Gasteiger partial charge in [-0.15, -0.1) is 11.3 Å². The van der Waals surface area contributed by atoms with E-state index < -0.39 is 24.3 Å². The number of amides is 1. The van der Waals surface area contributed by atoms with Gasteiger partial charge in [0.2, 0.25) is 0 Å². The molecule has 1 aromatic heterocycles. The van der Waals surface area contributed by atoms with Crippen LogP contribution in [-0.4, -0.2) is 18.5 Å². The third kappa shape index (κ3) is 4.00. The number of halogens is 3. The Morgan fingerprint density at radius 3 is 2.76 bits per heavy atom. The van der Waals surface area contributed by atoms with Crippen LogP contribution in [0.5, 0.6) is 0 Å². The van der Waals surface area contributed by atoms with Crippen molar-refractivity contribution in [1.82, 2.24) is 0 Å². The van der Waals surface area contributed by atoms with Gasteiger partial charge in [0, 0.05) is 14.6 Å². The molecule has 0 spiro atoms. The van der Waals surface area contributed by atoms with Crippen LogP contribution in [0.2, 0.25) is 5.02 Å². The molecule has 0 aliphatic heterocycles. The topological polar surface area (TPSA) is 55.4 Å². The Balaban J connectivity index is 1.67. The summed E-state index contributed by atoms with van der Waals surface area (Å²) in [5.41, 5.74) is 0.568. The first-order valence-corrected chi connectivity index (χ1v) is 9.03.